The fourth-order valence-electron chi connectivity index (χ4n) is 1.29. The minimum atomic E-state index is -1.42. The molecule has 0 saturated carbocycles. The van der Waals surface area contributed by atoms with Gasteiger partial charge in [-0.25, -0.2) is 13.2 Å². The Morgan fingerprint density at radius 3 is 2.37 bits per heavy atom. The number of carbonyl (C=O) groups is 2. The van der Waals surface area contributed by atoms with E-state index < -0.39 is 40.9 Å². The first kappa shape index (κ1) is 15.0. The van der Waals surface area contributed by atoms with Crippen LogP contribution in [0.15, 0.2) is 12.1 Å². The minimum absolute atomic E-state index is 0.230. The lowest BCUT2D eigenvalue weighted by Crippen LogP contribution is -2.47. The van der Waals surface area contributed by atoms with Crippen molar-refractivity contribution >= 4 is 11.8 Å². The zero-order valence-corrected chi connectivity index (χ0v) is 9.88. The zero-order valence-electron chi connectivity index (χ0n) is 9.88. The number of nitrogens with one attached hydrogen (secondary N) is 1. The molecule has 104 valence electrons. The van der Waals surface area contributed by atoms with Crippen LogP contribution in [0.3, 0.4) is 0 Å². The van der Waals surface area contributed by atoms with E-state index in [0.29, 0.717) is 6.07 Å². The Morgan fingerprint density at radius 2 is 1.84 bits per heavy atom. The molecule has 0 spiro atoms. The third-order valence-corrected chi connectivity index (χ3v) is 2.24. The van der Waals surface area contributed by atoms with Crippen LogP contribution in [0.25, 0.3) is 0 Å². The molecule has 0 fully saturated rings. The van der Waals surface area contributed by atoms with Gasteiger partial charge in [0.05, 0.1) is 12.2 Å². The number of rotatable bonds is 5. The number of primary amides is 1. The highest BCUT2D eigenvalue weighted by Crippen LogP contribution is 2.13. The van der Waals surface area contributed by atoms with Crippen molar-refractivity contribution in [2.24, 2.45) is 5.73 Å². The van der Waals surface area contributed by atoms with Crippen LogP contribution in [-0.4, -0.2) is 31.6 Å². The number of carbonyl (C=O) groups excluding carboxylic acids is 2. The number of methoxy groups -OCH3 is 1. The van der Waals surface area contributed by atoms with Crippen LogP contribution < -0.4 is 11.1 Å². The van der Waals surface area contributed by atoms with Crippen LogP contribution in [0.1, 0.15) is 10.4 Å². The standard InChI is InChI=1S/C11H11F3N2O3/c1-19-4-9(10(15)17)16-11(18)5-2-7(13)8(14)3-6(5)12/h2-3,9H,4H2,1H3,(H2,15,17)(H,16,18). The van der Waals surface area contributed by atoms with Gasteiger partial charge in [0, 0.05) is 13.2 Å². The largest absolute Gasteiger partial charge is 0.382 e. The summed E-state index contributed by atoms with van der Waals surface area (Å²) in [4.78, 5) is 22.6. The second-order valence-electron chi connectivity index (χ2n) is 3.63. The zero-order chi connectivity index (χ0) is 14.6. The van der Waals surface area contributed by atoms with Crippen molar-refractivity contribution in [3.05, 3.63) is 35.1 Å². The maximum Gasteiger partial charge on any atom is 0.255 e. The normalized spacial score (nSPS) is 12.0. The molecule has 1 unspecified atom stereocenters. The maximum absolute atomic E-state index is 13.3. The maximum atomic E-state index is 13.3. The monoisotopic (exact) mass is 276 g/mol. The molecule has 0 saturated heterocycles. The van der Waals surface area contributed by atoms with Crippen molar-refractivity contribution in [2.75, 3.05) is 13.7 Å². The molecule has 2 amide bonds. The Bertz CT molecular complexity index is 508. The number of hydrogen-bond acceptors (Lipinski definition) is 3. The third-order valence-electron chi connectivity index (χ3n) is 2.24. The molecular formula is C11H11F3N2O3. The lowest BCUT2D eigenvalue weighted by Gasteiger charge is -2.14. The van der Waals surface area contributed by atoms with Gasteiger partial charge in [-0.15, -0.1) is 0 Å². The molecule has 0 aliphatic rings. The molecule has 1 aromatic rings. The lowest BCUT2D eigenvalue weighted by molar-refractivity contribution is -0.121. The van der Waals surface area contributed by atoms with E-state index in [1.807, 2.05) is 0 Å². The van der Waals surface area contributed by atoms with Crippen LogP contribution in [0.4, 0.5) is 13.2 Å². The molecule has 1 atom stereocenters. The predicted octanol–water partition coefficient (Wildman–Crippen LogP) is 0.334. The lowest BCUT2D eigenvalue weighted by atomic mass is 10.1. The van der Waals surface area contributed by atoms with Crippen LogP contribution in [0.5, 0.6) is 0 Å². The molecule has 0 radical (unpaired) electrons. The predicted molar refractivity (Wildman–Crippen MR) is 58.6 cm³/mol. The Kier molecular flexibility index (Phi) is 4.87. The summed E-state index contributed by atoms with van der Waals surface area (Å²) in [7, 11) is 1.26. The second kappa shape index (κ2) is 6.19. The highest BCUT2D eigenvalue weighted by atomic mass is 19.2. The summed E-state index contributed by atoms with van der Waals surface area (Å²) >= 11 is 0. The average molecular weight is 276 g/mol. The molecule has 0 heterocycles. The number of hydrogen-bond donors (Lipinski definition) is 2. The number of amides is 2. The van der Waals surface area contributed by atoms with Gasteiger partial charge >= 0.3 is 0 Å². The Morgan fingerprint density at radius 1 is 1.26 bits per heavy atom. The van der Waals surface area contributed by atoms with Crippen LogP contribution in [0, 0.1) is 17.5 Å². The van der Waals surface area contributed by atoms with Crippen molar-refractivity contribution in [3.63, 3.8) is 0 Å². The quantitative estimate of drug-likeness (QED) is 0.761. The third kappa shape index (κ3) is 3.68. The van der Waals surface area contributed by atoms with E-state index in [0.717, 1.165) is 0 Å². The van der Waals surface area contributed by atoms with Crippen molar-refractivity contribution in [3.8, 4) is 0 Å². The number of ether oxygens (including phenoxy) is 1. The Balaban J connectivity index is 2.94. The van der Waals surface area contributed by atoms with Crippen molar-refractivity contribution in [2.45, 2.75) is 6.04 Å². The van der Waals surface area contributed by atoms with Crippen molar-refractivity contribution in [1.82, 2.24) is 5.32 Å². The fourth-order valence-corrected chi connectivity index (χ4v) is 1.29. The molecule has 5 nitrogen and oxygen atoms in total. The van der Waals surface area contributed by atoms with E-state index in [1.165, 1.54) is 7.11 Å². The van der Waals surface area contributed by atoms with Gasteiger partial charge in [-0.05, 0) is 6.07 Å². The fraction of sp³-hybridized carbons (Fsp3) is 0.273. The van der Waals surface area contributed by atoms with Gasteiger partial charge in [-0.2, -0.15) is 0 Å². The van der Waals surface area contributed by atoms with E-state index >= 15 is 0 Å². The molecule has 0 bridgehead atoms. The van der Waals surface area contributed by atoms with Crippen molar-refractivity contribution in [1.29, 1.82) is 0 Å². The smallest absolute Gasteiger partial charge is 0.255 e. The first-order valence-corrected chi connectivity index (χ1v) is 5.10. The Labute approximate surface area is 106 Å². The summed E-state index contributed by atoms with van der Waals surface area (Å²) in [5.74, 6) is -6.06. The molecule has 1 aromatic carbocycles. The molecule has 0 aromatic heterocycles. The summed E-state index contributed by atoms with van der Waals surface area (Å²) in [5.41, 5.74) is 4.24. The van der Waals surface area contributed by atoms with Crippen LogP contribution >= 0.6 is 0 Å². The molecule has 8 heteroatoms. The summed E-state index contributed by atoms with van der Waals surface area (Å²) in [6, 6.07) is -0.574. The van der Waals surface area contributed by atoms with E-state index in [4.69, 9.17) is 5.73 Å². The van der Waals surface area contributed by atoms with Gasteiger partial charge in [0.2, 0.25) is 5.91 Å². The highest BCUT2D eigenvalue weighted by molar-refractivity contribution is 5.97. The van der Waals surface area contributed by atoms with E-state index in [9.17, 15) is 22.8 Å². The Hall–Kier alpha value is -2.09. The molecule has 3 N–H and O–H groups in total. The first-order valence-electron chi connectivity index (χ1n) is 5.10. The van der Waals surface area contributed by atoms with E-state index in [2.05, 4.69) is 10.1 Å². The van der Waals surface area contributed by atoms with E-state index in [1.54, 1.807) is 0 Å². The molecule has 19 heavy (non-hydrogen) atoms. The summed E-state index contributed by atoms with van der Waals surface area (Å²) in [6.45, 7) is -0.230. The summed E-state index contributed by atoms with van der Waals surface area (Å²) < 4.78 is 43.6. The molecule has 1 rings (SSSR count). The van der Waals surface area contributed by atoms with Gasteiger partial charge in [-0.1, -0.05) is 0 Å². The number of halogens is 3. The minimum Gasteiger partial charge on any atom is -0.382 e. The van der Waals surface area contributed by atoms with Crippen LogP contribution in [0.2, 0.25) is 0 Å². The second-order valence-corrected chi connectivity index (χ2v) is 3.63. The van der Waals surface area contributed by atoms with Gasteiger partial charge in [-0.3, -0.25) is 9.59 Å². The van der Waals surface area contributed by atoms with E-state index in [-0.39, 0.29) is 12.7 Å². The average Bonchev–Trinajstić information content (AvgIpc) is 2.32. The first-order chi connectivity index (χ1) is 8.86. The SMILES string of the molecule is COCC(NC(=O)c1cc(F)c(F)cc1F)C(N)=O. The number of benzene rings is 1. The molecule has 0 aliphatic carbocycles. The van der Waals surface area contributed by atoms with Gasteiger partial charge in [0.25, 0.3) is 5.91 Å². The van der Waals surface area contributed by atoms with Gasteiger partial charge in [0.15, 0.2) is 11.6 Å². The highest BCUT2D eigenvalue weighted by Gasteiger charge is 2.22. The molecule has 0 aliphatic heterocycles. The topological polar surface area (TPSA) is 81.4 Å². The van der Waals surface area contributed by atoms with Crippen molar-refractivity contribution < 1.29 is 27.5 Å². The van der Waals surface area contributed by atoms with Crippen LogP contribution in [-0.2, 0) is 9.53 Å². The summed E-state index contributed by atoms with van der Waals surface area (Å²) in [6.07, 6.45) is 0. The van der Waals surface area contributed by atoms with Gasteiger partial charge in [0.1, 0.15) is 11.9 Å². The molecular weight excluding hydrogens is 265 g/mol. The number of nitrogens with two attached hydrogens (primary N) is 1. The van der Waals surface area contributed by atoms with Gasteiger partial charge < -0.3 is 15.8 Å². The summed E-state index contributed by atoms with van der Waals surface area (Å²) in [5, 5.41) is 2.05.